The lowest BCUT2D eigenvalue weighted by molar-refractivity contribution is -0.126. The molecule has 1 unspecified atom stereocenters. The number of nitrogens with one attached hydrogen (secondary N) is 1. The van der Waals surface area contributed by atoms with E-state index in [2.05, 4.69) is 12.2 Å². The zero-order chi connectivity index (χ0) is 18.8. The Morgan fingerprint density at radius 1 is 1.23 bits per heavy atom. The minimum atomic E-state index is -0.138. The van der Waals surface area contributed by atoms with Crippen LogP contribution in [0.4, 0.5) is 0 Å². The Hall–Kier alpha value is -1.59. The number of carbonyl (C=O) groups excluding carboxylic acids is 2. The lowest BCUT2D eigenvalue weighted by Gasteiger charge is -2.32. The summed E-state index contributed by atoms with van der Waals surface area (Å²) in [5, 5.41) is 3.58. The summed E-state index contributed by atoms with van der Waals surface area (Å²) in [5.74, 6) is -0.142. The van der Waals surface area contributed by atoms with Crippen LogP contribution in [-0.4, -0.2) is 49.6 Å². The standard InChI is InChI=1S/C20H29ClN2O3/c1-2-3-13-26-14-5-11-22-19(24)17-6-4-12-23(15-17)20(25)16-7-9-18(21)10-8-16/h7-10,17H,2-6,11-15H2,1H3,(H,22,24). The number of benzene rings is 1. The van der Waals surface area contributed by atoms with E-state index >= 15 is 0 Å². The minimum absolute atomic E-state index is 0.0344. The lowest BCUT2D eigenvalue weighted by Crippen LogP contribution is -2.45. The topological polar surface area (TPSA) is 58.6 Å². The van der Waals surface area contributed by atoms with Crippen LogP contribution >= 0.6 is 11.6 Å². The summed E-state index contributed by atoms with van der Waals surface area (Å²) in [6.07, 6.45) is 4.69. The SMILES string of the molecule is CCCCOCCCNC(=O)C1CCCN(C(=O)c2ccc(Cl)cc2)C1. The first kappa shape index (κ1) is 20.7. The van der Waals surface area contributed by atoms with Crippen LogP contribution in [0.15, 0.2) is 24.3 Å². The van der Waals surface area contributed by atoms with E-state index in [1.165, 1.54) is 0 Å². The van der Waals surface area contributed by atoms with Crippen LogP contribution < -0.4 is 5.32 Å². The van der Waals surface area contributed by atoms with Gasteiger partial charge in [-0.05, 0) is 49.9 Å². The Labute approximate surface area is 161 Å². The molecule has 0 aliphatic carbocycles. The Morgan fingerprint density at radius 3 is 2.69 bits per heavy atom. The Balaban J connectivity index is 1.73. The van der Waals surface area contributed by atoms with Gasteiger partial charge in [-0.15, -0.1) is 0 Å². The number of piperidine rings is 1. The number of ether oxygens (including phenoxy) is 1. The lowest BCUT2D eigenvalue weighted by atomic mass is 9.96. The monoisotopic (exact) mass is 380 g/mol. The molecule has 144 valence electrons. The molecule has 1 aliphatic rings. The van der Waals surface area contributed by atoms with E-state index in [1.807, 2.05) is 0 Å². The molecule has 0 saturated carbocycles. The second-order valence-corrected chi connectivity index (χ2v) is 7.14. The molecule has 1 heterocycles. The number of amides is 2. The van der Waals surface area contributed by atoms with Crippen LogP contribution in [0.5, 0.6) is 0 Å². The van der Waals surface area contributed by atoms with Crippen molar-refractivity contribution < 1.29 is 14.3 Å². The highest BCUT2D eigenvalue weighted by Gasteiger charge is 2.28. The van der Waals surface area contributed by atoms with Crippen LogP contribution in [0.3, 0.4) is 0 Å². The Morgan fingerprint density at radius 2 is 1.96 bits per heavy atom. The number of halogens is 1. The number of likely N-dealkylation sites (tertiary alicyclic amines) is 1. The van der Waals surface area contributed by atoms with Crippen LogP contribution in [0.25, 0.3) is 0 Å². The number of rotatable bonds is 9. The predicted octanol–water partition coefficient (Wildman–Crippen LogP) is 3.52. The quantitative estimate of drug-likeness (QED) is 0.667. The summed E-state index contributed by atoms with van der Waals surface area (Å²) < 4.78 is 5.49. The van der Waals surface area contributed by atoms with E-state index < -0.39 is 0 Å². The van der Waals surface area contributed by atoms with Crippen molar-refractivity contribution in [3.8, 4) is 0 Å². The summed E-state index contributed by atoms with van der Waals surface area (Å²) in [4.78, 5) is 26.7. The molecule has 1 saturated heterocycles. The molecule has 1 atom stereocenters. The molecule has 1 aromatic rings. The normalized spacial score (nSPS) is 17.2. The number of carbonyl (C=O) groups is 2. The molecule has 1 aliphatic heterocycles. The number of hydrogen-bond donors (Lipinski definition) is 1. The summed E-state index contributed by atoms with van der Waals surface area (Å²) in [6, 6.07) is 6.89. The van der Waals surface area contributed by atoms with Crippen LogP contribution in [0, 0.1) is 5.92 Å². The molecule has 6 heteroatoms. The fourth-order valence-corrected chi connectivity index (χ4v) is 3.16. The van der Waals surface area contributed by atoms with Gasteiger partial charge in [0.15, 0.2) is 0 Å². The van der Waals surface area contributed by atoms with Gasteiger partial charge in [0, 0.05) is 43.4 Å². The van der Waals surface area contributed by atoms with Crippen molar-refractivity contribution >= 4 is 23.4 Å². The number of unbranched alkanes of at least 4 members (excludes halogenated alkanes) is 1. The second kappa shape index (κ2) is 11.2. The van der Waals surface area contributed by atoms with E-state index in [1.54, 1.807) is 29.2 Å². The first-order chi connectivity index (χ1) is 12.6. The molecular formula is C20H29ClN2O3. The van der Waals surface area contributed by atoms with Crippen molar-refractivity contribution in [2.75, 3.05) is 32.8 Å². The van der Waals surface area contributed by atoms with Crippen LogP contribution in [-0.2, 0) is 9.53 Å². The van der Waals surface area contributed by atoms with Gasteiger partial charge < -0.3 is 15.0 Å². The molecule has 1 N–H and O–H groups in total. The molecule has 5 nitrogen and oxygen atoms in total. The van der Waals surface area contributed by atoms with E-state index in [4.69, 9.17) is 16.3 Å². The maximum absolute atomic E-state index is 12.6. The third-order valence-electron chi connectivity index (χ3n) is 4.58. The van der Waals surface area contributed by atoms with E-state index in [0.29, 0.717) is 36.8 Å². The fourth-order valence-electron chi connectivity index (χ4n) is 3.03. The third kappa shape index (κ3) is 6.61. The van der Waals surface area contributed by atoms with E-state index in [0.717, 1.165) is 38.7 Å². The van der Waals surface area contributed by atoms with E-state index in [9.17, 15) is 9.59 Å². The van der Waals surface area contributed by atoms with Gasteiger partial charge in [0.05, 0.1) is 5.92 Å². The highest BCUT2D eigenvalue weighted by molar-refractivity contribution is 6.30. The summed E-state index contributed by atoms with van der Waals surface area (Å²) in [7, 11) is 0. The van der Waals surface area contributed by atoms with Gasteiger partial charge in [-0.3, -0.25) is 9.59 Å². The Bertz CT molecular complexity index is 577. The first-order valence-electron chi connectivity index (χ1n) is 9.52. The average molecular weight is 381 g/mol. The molecule has 0 bridgehead atoms. The molecule has 2 amide bonds. The average Bonchev–Trinajstić information content (AvgIpc) is 2.67. The minimum Gasteiger partial charge on any atom is -0.381 e. The van der Waals surface area contributed by atoms with Gasteiger partial charge in [0.1, 0.15) is 0 Å². The second-order valence-electron chi connectivity index (χ2n) is 6.71. The largest absolute Gasteiger partial charge is 0.381 e. The molecule has 1 fully saturated rings. The van der Waals surface area contributed by atoms with Gasteiger partial charge in [0.25, 0.3) is 5.91 Å². The Kier molecular flexibility index (Phi) is 8.92. The molecule has 0 radical (unpaired) electrons. The van der Waals surface area contributed by atoms with Gasteiger partial charge in [-0.1, -0.05) is 24.9 Å². The molecule has 0 spiro atoms. The molecule has 0 aromatic heterocycles. The zero-order valence-electron chi connectivity index (χ0n) is 15.5. The maximum Gasteiger partial charge on any atom is 0.253 e. The van der Waals surface area contributed by atoms with Gasteiger partial charge in [-0.2, -0.15) is 0 Å². The zero-order valence-corrected chi connectivity index (χ0v) is 16.3. The van der Waals surface area contributed by atoms with Crippen molar-refractivity contribution in [2.45, 2.75) is 39.0 Å². The summed E-state index contributed by atoms with van der Waals surface area (Å²) in [5.41, 5.74) is 0.611. The third-order valence-corrected chi connectivity index (χ3v) is 4.83. The van der Waals surface area contributed by atoms with Crippen molar-refractivity contribution in [2.24, 2.45) is 5.92 Å². The van der Waals surface area contributed by atoms with Gasteiger partial charge in [0.2, 0.25) is 5.91 Å². The highest BCUT2D eigenvalue weighted by Crippen LogP contribution is 2.19. The van der Waals surface area contributed by atoms with Crippen molar-refractivity contribution in [1.29, 1.82) is 0 Å². The summed E-state index contributed by atoms with van der Waals surface area (Å²) >= 11 is 5.88. The smallest absolute Gasteiger partial charge is 0.253 e. The number of hydrogen-bond acceptors (Lipinski definition) is 3. The van der Waals surface area contributed by atoms with Gasteiger partial charge in [-0.25, -0.2) is 0 Å². The maximum atomic E-state index is 12.6. The summed E-state index contributed by atoms with van der Waals surface area (Å²) in [6.45, 7) is 5.37. The van der Waals surface area contributed by atoms with Gasteiger partial charge >= 0.3 is 0 Å². The van der Waals surface area contributed by atoms with Crippen molar-refractivity contribution in [1.82, 2.24) is 10.2 Å². The van der Waals surface area contributed by atoms with Crippen LogP contribution in [0.1, 0.15) is 49.4 Å². The molecular weight excluding hydrogens is 352 g/mol. The number of nitrogens with zero attached hydrogens (tertiary/aromatic N) is 1. The molecule has 2 rings (SSSR count). The molecule has 1 aromatic carbocycles. The molecule has 26 heavy (non-hydrogen) atoms. The van der Waals surface area contributed by atoms with Crippen LogP contribution in [0.2, 0.25) is 5.02 Å². The highest BCUT2D eigenvalue weighted by atomic mass is 35.5. The fraction of sp³-hybridized carbons (Fsp3) is 0.600. The van der Waals surface area contributed by atoms with Crippen molar-refractivity contribution in [3.63, 3.8) is 0 Å². The first-order valence-corrected chi connectivity index (χ1v) is 9.90. The predicted molar refractivity (Wildman–Crippen MR) is 103 cm³/mol. The van der Waals surface area contributed by atoms with E-state index in [-0.39, 0.29) is 17.7 Å². The van der Waals surface area contributed by atoms with Crippen molar-refractivity contribution in [3.05, 3.63) is 34.9 Å².